The first-order valence-corrected chi connectivity index (χ1v) is 7.60. The van der Waals surface area contributed by atoms with Crippen LogP contribution in [-0.4, -0.2) is 5.78 Å². The van der Waals surface area contributed by atoms with Gasteiger partial charge in [0.1, 0.15) is 0 Å². The van der Waals surface area contributed by atoms with Crippen molar-refractivity contribution in [2.75, 3.05) is 0 Å². The Morgan fingerprint density at radius 1 is 1.20 bits per heavy atom. The van der Waals surface area contributed by atoms with E-state index in [1.54, 1.807) is 0 Å². The van der Waals surface area contributed by atoms with Gasteiger partial charge in [0, 0.05) is 5.41 Å². The first kappa shape index (κ1) is 15.0. The summed E-state index contributed by atoms with van der Waals surface area (Å²) in [5.41, 5.74) is 2.11. The monoisotopic (exact) mass is 270 g/mol. The van der Waals surface area contributed by atoms with Crippen LogP contribution >= 0.6 is 0 Å². The zero-order valence-electron chi connectivity index (χ0n) is 13.4. The molecule has 20 heavy (non-hydrogen) atoms. The van der Waals surface area contributed by atoms with Gasteiger partial charge < -0.3 is 0 Å². The molecule has 0 radical (unpaired) electrons. The van der Waals surface area contributed by atoms with Crippen LogP contribution in [0.2, 0.25) is 0 Å². The number of fused-ring (bicyclic) bond motifs is 2. The molecule has 2 fully saturated rings. The van der Waals surface area contributed by atoms with E-state index in [9.17, 15) is 4.79 Å². The van der Waals surface area contributed by atoms with E-state index >= 15 is 0 Å². The predicted molar refractivity (Wildman–Crippen MR) is 85.4 cm³/mol. The molecule has 108 valence electrons. The fraction of sp³-hybridized carbons (Fsp3) is 0.526. The Kier molecular flexibility index (Phi) is 3.90. The molecule has 0 heterocycles. The molecule has 2 unspecified atom stereocenters. The second-order valence-electron chi connectivity index (χ2n) is 6.75. The van der Waals surface area contributed by atoms with Crippen molar-refractivity contribution in [3.63, 3.8) is 0 Å². The first-order chi connectivity index (χ1) is 9.38. The molecule has 2 atom stereocenters. The van der Waals surface area contributed by atoms with E-state index in [0.29, 0.717) is 11.7 Å². The lowest BCUT2D eigenvalue weighted by molar-refractivity contribution is -0.125. The fourth-order valence-corrected chi connectivity index (χ4v) is 3.78. The zero-order valence-corrected chi connectivity index (χ0v) is 13.4. The van der Waals surface area contributed by atoms with Gasteiger partial charge in [0.15, 0.2) is 5.78 Å². The topological polar surface area (TPSA) is 17.1 Å². The number of allylic oxidation sites excluding steroid dienone is 8. The molecule has 0 aromatic heterocycles. The summed E-state index contributed by atoms with van der Waals surface area (Å²) < 4.78 is 0. The number of hydrogen-bond acceptors (Lipinski definition) is 1. The summed E-state index contributed by atoms with van der Waals surface area (Å²) in [5.74, 6) is 0.794. The van der Waals surface area contributed by atoms with E-state index in [4.69, 9.17) is 0 Å². The third-order valence-corrected chi connectivity index (χ3v) is 5.61. The normalized spacial score (nSPS) is 35.0. The highest BCUT2D eigenvalue weighted by Gasteiger charge is 2.63. The highest BCUT2D eigenvalue weighted by Crippen LogP contribution is 2.65. The van der Waals surface area contributed by atoms with Gasteiger partial charge in [0.25, 0.3) is 0 Å². The Bertz CT molecular complexity index is 528. The van der Waals surface area contributed by atoms with Gasteiger partial charge >= 0.3 is 0 Å². The van der Waals surface area contributed by atoms with Crippen molar-refractivity contribution in [1.29, 1.82) is 0 Å². The van der Waals surface area contributed by atoms with E-state index in [1.807, 2.05) is 32.1 Å². The molecule has 0 saturated heterocycles. The number of carbonyl (C=O) groups excluding carboxylic acids is 1. The van der Waals surface area contributed by atoms with E-state index in [-0.39, 0.29) is 10.8 Å². The molecule has 2 bridgehead atoms. The Hall–Kier alpha value is -1.37. The first-order valence-electron chi connectivity index (χ1n) is 7.60. The zero-order chi connectivity index (χ0) is 15.0. The molecule has 2 saturated carbocycles. The number of carbonyl (C=O) groups is 1. The molecule has 0 aliphatic heterocycles. The third kappa shape index (κ3) is 2.04. The van der Waals surface area contributed by atoms with E-state index < -0.39 is 0 Å². The van der Waals surface area contributed by atoms with Crippen LogP contribution in [0.5, 0.6) is 0 Å². The van der Waals surface area contributed by atoms with Crippen LogP contribution < -0.4 is 0 Å². The molecular formula is C19H26O. The second-order valence-corrected chi connectivity index (χ2v) is 6.75. The average molecular weight is 270 g/mol. The van der Waals surface area contributed by atoms with Crippen LogP contribution in [0, 0.1) is 16.7 Å². The smallest absolute Gasteiger partial charge is 0.165 e. The van der Waals surface area contributed by atoms with Gasteiger partial charge in [-0.05, 0) is 55.2 Å². The highest BCUT2D eigenvalue weighted by atomic mass is 16.1. The van der Waals surface area contributed by atoms with Gasteiger partial charge in [-0.1, -0.05) is 51.2 Å². The Balaban J connectivity index is 2.35. The molecule has 0 amide bonds. The maximum Gasteiger partial charge on any atom is 0.165 e. The summed E-state index contributed by atoms with van der Waals surface area (Å²) in [7, 11) is 0. The number of hydrogen-bond donors (Lipinski definition) is 0. The maximum absolute atomic E-state index is 12.8. The lowest BCUT2D eigenvalue weighted by atomic mass is 9.70. The van der Waals surface area contributed by atoms with E-state index in [2.05, 4.69) is 39.0 Å². The molecular weight excluding hydrogens is 244 g/mol. The Morgan fingerprint density at radius 2 is 1.90 bits per heavy atom. The molecule has 1 nitrogen and oxygen atoms in total. The standard InChI is InChI=1S/C19H26O/c1-6-8-9-10-14(7-2)13-15-16-11-12-19(5,17(15)20)18(16,3)4/h6-10,13,16H,11-12H2,1-5H3/b8-6-,10-9-,14-7+,15-13+. The minimum atomic E-state index is -0.157. The van der Waals surface area contributed by atoms with Crippen molar-refractivity contribution in [2.45, 2.75) is 47.5 Å². The van der Waals surface area contributed by atoms with Gasteiger partial charge in [-0.2, -0.15) is 0 Å². The highest BCUT2D eigenvalue weighted by molar-refractivity contribution is 6.05. The molecule has 1 heteroatoms. The van der Waals surface area contributed by atoms with Crippen molar-refractivity contribution in [3.8, 4) is 0 Å². The lowest BCUT2D eigenvalue weighted by Crippen LogP contribution is -2.32. The number of Topliss-reactive ketones (excluding diaryl/α,β-unsaturated/α-hetero) is 1. The van der Waals surface area contributed by atoms with Crippen molar-refractivity contribution in [2.24, 2.45) is 16.7 Å². The largest absolute Gasteiger partial charge is 0.294 e. The summed E-state index contributed by atoms with van der Waals surface area (Å²) in [4.78, 5) is 12.8. The average Bonchev–Trinajstić information content (AvgIpc) is 2.71. The van der Waals surface area contributed by atoms with Crippen LogP contribution in [0.4, 0.5) is 0 Å². The molecule has 0 aromatic carbocycles. The molecule has 0 spiro atoms. The van der Waals surface area contributed by atoms with Crippen LogP contribution in [0.1, 0.15) is 47.5 Å². The van der Waals surface area contributed by atoms with Gasteiger partial charge in [-0.15, -0.1) is 0 Å². The minimum Gasteiger partial charge on any atom is -0.294 e. The Labute approximate surface area is 123 Å². The van der Waals surface area contributed by atoms with Crippen LogP contribution in [0.15, 0.2) is 47.6 Å². The number of ketones is 1. The maximum atomic E-state index is 12.8. The van der Waals surface area contributed by atoms with E-state index in [0.717, 1.165) is 24.0 Å². The second kappa shape index (κ2) is 5.20. The van der Waals surface area contributed by atoms with Crippen LogP contribution in [-0.2, 0) is 4.79 Å². The van der Waals surface area contributed by atoms with Crippen molar-refractivity contribution in [1.82, 2.24) is 0 Å². The summed E-state index contributed by atoms with van der Waals surface area (Å²) in [5, 5.41) is 0. The molecule has 0 aromatic rings. The molecule has 2 aliphatic carbocycles. The third-order valence-electron chi connectivity index (χ3n) is 5.61. The van der Waals surface area contributed by atoms with E-state index in [1.165, 1.54) is 0 Å². The van der Waals surface area contributed by atoms with Gasteiger partial charge in [-0.3, -0.25) is 4.79 Å². The summed E-state index contributed by atoms with van der Waals surface area (Å²) >= 11 is 0. The molecule has 2 rings (SSSR count). The molecule has 2 aliphatic rings. The Morgan fingerprint density at radius 3 is 2.40 bits per heavy atom. The molecule has 0 N–H and O–H groups in total. The SMILES string of the molecule is C\C=C/C=C\C(=C/C)\C=C1\C(=O)C2(C)CCC1C2(C)C. The summed E-state index contributed by atoms with van der Waals surface area (Å²) in [6.07, 6.45) is 14.5. The van der Waals surface area contributed by atoms with Crippen molar-refractivity contribution >= 4 is 5.78 Å². The van der Waals surface area contributed by atoms with Crippen LogP contribution in [0.25, 0.3) is 0 Å². The summed E-state index contributed by atoms with van der Waals surface area (Å²) in [6.45, 7) is 10.7. The fourth-order valence-electron chi connectivity index (χ4n) is 3.78. The lowest BCUT2D eigenvalue weighted by Gasteiger charge is -2.31. The summed E-state index contributed by atoms with van der Waals surface area (Å²) in [6, 6.07) is 0. The van der Waals surface area contributed by atoms with Gasteiger partial charge in [0.05, 0.1) is 0 Å². The van der Waals surface area contributed by atoms with Crippen LogP contribution in [0.3, 0.4) is 0 Å². The quantitative estimate of drug-likeness (QED) is 0.520. The number of rotatable bonds is 3. The van der Waals surface area contributed by atoms with Gasteiger partial charge in [0.2, 0.25) is 0 Å². The predicted octanol–water partition coefficient (Wildman–Crippen LogP) is 5.02. The van der Waals surface area contributed by atoms with Crippen molar-refractivity contribution < 1.29 is 4.79 Å². The van der Waals surface area contributed by atoms with Gasteiger partial charge in [-0.25, -0.2) is 0 Å². The van der Waals surface area contributed by atoms with Crippen molar-refractivity contribution in [3.05, 3.63) is 47.6 Å². The minimum absolute atomic E-state index is 0.0990.